The highest BCUT2D eigenvalue weighted by Crippen LogP contribution is 2.23. The number of aryl methyl sites for hydroxylation is 1. The lowest BCUT2D eigenvalue weighted by Gasteiger charge is -2.08. The van der Waals surface area contributed by atoms with Crippen LogP contribution in [0.1, 0.15) is 29.3 Å². The van der Waals surface area contributed by atoms with Gasteiger partial charge in [-0.2, -0.15) is 0 Å². The van der Waals surface area contributed by atoms with Crippen LogP contribution in [0.25, 0.3) is 0 Å². The molecule has 1 heterocycles. The third-order valence-electron chi connectivity index (χ3n) is 2.95. The van der Waals surface area contributed by atoms with E-state index in [9.17, 15) is 4.79 Å². The van der Waals surface area contributed by atoms with Crippen molar-refractivity contribution in [1.29, 1.82) is 0 Å². The first-order chi connectivity index (χ1) is 9.66. The minimum Gasteiger partial charge on any atom is -0.494 e. The smallest absolute Gasteiger partial charge is 0.160 e. The molecule has 0 radical (unpaired) electrons. The first-order valence-corrected chi connectivity index (χ1v) is 7.28. The molecule has 2 aromatic rings. The third kappa shape index (κ3) is 4.17. The Kier molecular flexibility index (Phi) is 5.30. The second-order valence-electron chi connectivity index (χ2n) is 4.51. The van der Waals surface area contributed by atoms with E-state index >= 15 is 0 Å². The van der Waals surface area contributed by atoms with Crippen LogP contribution in [0, 0.1) is 0 Å². The topological polar surface area (TPSA) is 39.2 Å². The number of rotatable bonds is 6. The van der Waals surface area contributed by atoms with Crippen molar-refractivity contribution in [3.63, 3.8) is 0 Å². The number of nitrogens with zero attached hydrogens (tertiary/aromatic N) is 1. The number of aromatic nitrogens is 1. The predicted molar refractivity (Wildman–Crippen MR) is 82.2 cm³/mol. The molecule has 1 aromatic heterocycles. The molecule has 0 aliphatic carbocycles. The Labute approximate surface area is 127 Å². The molecule has 1 aromatic carbocycles. The maximum Gasteiger partial charge on any atom is 0.160 e. The maximum absolute atomic E-state index is 11.3. The van der Waals surface area contributed by atoms with Gasteiger partial charge in [0, 0.05) is 22.4 Å². The number of benzene rings is 1. The van der Waals surface area contributed by atoms with E-state index in [0.29, 0.717) is 12.2 Å². The molecule has 0 saturated heterocycles. The second kappa shape index (κ2) is 7.20. The first-order valence-electron chi connectivity index (χ1n) is 6.49. The Morgan fingerprint density at radius 3 is 2.65 bits per heavy atom. The summed E-state index contributed by atoms with van der Waals surface area (Å²) >= 11 is 3.39. The molecule has 0 saturated carbocycles. The number of hydrogen-bond donors (Lipinski definition) is 0. The molecule has 0 aliphatic rings. The van der Waals surface area contributed by atoms with Crippen LogP contribution in [0.2, 0.25) is 0 Å². The highest BCUT2D eigenvalue weighted by atomic mass is 79.9. The van der Waals surface area contributed by atoms with Crippen LogP contribution in [0.5, 0.6) is 5.75 Å². The van der Waals surface area contributed by atoms with Crippen molar-refractivity contribution in [3.05, 3.63) is 58.3 Å². The molecule has 20 heavy (non-hydrogen) atoms. The number of halogens is 1. The van der Waals surface area contributed by atoms with Crippen LogP contribution >= 0.6 is 15.9 Å². The number of Topliss-reactive ketones (excluding diaryl/α,β-unsaturated/α-hetero) is 1. The van der Waals surface area contributed by atoms with Crippen LogP contribution < -0.4 is 4.74 Å². The van der Waals surface area contributed by atoms with E-state index in [1.165, 1.54) is 5.56 Å². The molecule has 4 heteroatoms. The summed E-state index contributed by atoms with van der Waals surface area (Å²) < 4.78 is 6.46. The van der Waals surface area contributed by atoms with Gasteiger partial charge < -0.3 is 4.74 Å². The summed E-state index contributed by atoms with van der Waals surface area (Å²) in [4.78, 5) is 15.3. The fourth-order valence-electron chi connectivity index (χ4n) is 1.89. The highest BCUT2D eigenvalue weighted by Gasteiger charge is 2.06. The zero-order valence-electron chi connectivity index (χ0n) is 11.3. The molecule has 2 rings (SSSR count). The van der Waals surface area contributed by atoms with Gasteiger partial charge >= 0.3 is 0 Å². The van der Waals surface area contributed by atoms with Crippen molar-refractivity contribution in [2.24, 2.45) is 0 Å². The van der Waals surface area contributed by atoms with E-state index < -0.39 is 0 Å². The summed E-state index contributed by atoms with van der Waals surface area (Å²) in [6.07, 6.45) is 5.51. The molecular formula is C16H16BrNO2. The summed E-state index contributed by atoms with van der Waals surface area (Å²) in [6.45, 7) is 2.20. The molecule has 0 fully saturated rings. The summed E-state index contributed by atoms with van der Waals surface area (Å²) in [5, 5.41) is 0. The standard InChI is InChI=1S/C16H16BrNO2/c1-12(19)15-5-4-14(11-16(15)17)20-10-2-3-13-6-8-18-9-7-13/h4-9,11H,2-3,10H2,1H3. The van der Waals surface area contributed by atoms with E-state index in [-0.39, 0.29) is 5.78 Å². The lowest BCUT2D eigenvalue weighted by atomic mass is 10.1. The summed E-state index contributed by atoms with van der Waals surface area (Å²) in [6, 6.07) is 9.47. The number of hydrogen-bond acceptors (Lipinski definition) is 3. The van der Waals surface area contributed by atoms with E-state index in [2.05, 4.69) is 20.9 Å². The van der Waals surface area contributed by atoms with E-state index in [4.69, 9.17) is 4.74 Å². The fourth-order valence-corrected chi connectivity index (χ4v) is 2.52. The van der Waals surface area contributed by atoms with Crippen LogP contribution in [-0.4, -0.2) is 17.4 Å². The quantitative estimate of drug-likeness (QED) is 0.591. The minimum atomic E-state index is 0.0427. The number of carbonyl (C=O) groups excluding carboxylic acids is 1. The fraction of sp³-hybridized carbons (Fsp3) is 0.250. The number of pyridine rings is 1. The van der Waals surface area contributed by atoms with Crippen molar-refractivity contribution in [2.45, 2.75) is 19.8 Å². The lowest BCUT2D eigenvalue weighted by Crippen LogP contribution is -2.00. The van der Waals surface area contributed by atoms with Gasteiger partial charge in [0.05, 0.1) is 6.61 Å². The normalized spacial score (nSPS) is 10.3. The molecule has 0 amide bonds. The SMILES string of the molecule is CC(=O)c1ccc(OCCCc2ccncc2)cc1Br. The van der Waals surface area contributed by atoms with Crippen molar-refractivity contribution in [2.75, 3.05) is 6.61 Å². The Bertz CT molecular complexity index is 584. The third-order valence-corrected chi connectivity index (χ3v) is 3.60. The van der Waals surface area contributed by atoms with Gasteiger partial charge in [-0.25, -0.2) is 0 Å². The van der Waals surface area contributed by atoms with Gasteiger partial charge in [0.2, 0.25) is 0 Å². The van der Waals surface area contributed by atoms with Gasteiger partial charge in [0.15, 0.2) is 5.78 Å². The molecule has 0 atom stereocenters. The van der Waals surface area contributed by atoms with Crippen molar-refractivity contribution < 1.29 is 9.53 Å². The maximum atomic E-state index is 11.3. The van der Waals surface area contributed by atoms with Gasteiger partial charge in [-0.3, -0.25) is 9.78 Å². The molecule has 0 aliphatic heterocycles. The second-order valence-corrected chi connectivity index (χ2v) is 5.36. The monoisotopic (exact) mass is 333 g/mol. The molecule has 0 unspecified atom stereocenters. The average molecular weight is 334 g/mol. The van der Waals surface area contributed by atoms with Crippen molar-refractivity contribution in [1.82, 2.24) is 4.98 Å². The largest absolute Gasteiger partial charge is 0.494 e. The lowest BCUT2D eigenvalue weighted by molar-refractivity contribution is 0.101. The van der Waals surface area contributed by atoms with E-state index in [0.717, 1.165) is 23.1 Å². The Morgan fingerprint density at radius 2 is 2.00 bits per heavy atom. The Balaban J connectivity index is 1.83. The van der Waals surface area contributed by atoms with E-state index in [1.807, 2.05) is 24.3 Å². The average Bonchev–Trinajstić information content (AvgIpc) is 2.44. The molecule has 0 bridgehead atoms. The zero-order chi connectivity index (χ0) is 14.4. The van der Waals surface area contributed by atoms with Gasteiger partial charge in [0.25, 0.3) is 0 Å². The van der Waals surface area contributed by atoms with Gasteiger partial charge in [-0.15, -0.1) is 0 Å². The molecule has 104 valence electrons. The van der Waals surface area contributed by atoms with Crippen LogP contribution in [0.3, 0.4) is 0 Å². The van der Waals surface area contributed by atoms with Crippen LogP contribution in [-0.2, 0) is 6.42 Å². The minimum absolute atomic E-state index is 0.0427. The number of carbonyl (C=O) groups is 1. The summed E-state index contributed by atoms with van der Waals surface area (Å²) in [5.74, 6) is 0.817. The summed E-state index contributed by atoms with van der Waals surface area (Å²) in [7, 11) is 0. The van der Waals surface area contributed by atoms with Gasteiger partial charge in [-0.05, 0) is 71.6 Å². The summed E-state index contributed by atoms with van der Waals surface area (Å²) in [5.41, 5.74) is 1.94. The van der Waals surface area contributed by atoms with Crippen molar-refractivity contribution in [3.8, 4) is 5.75 Å². The van der Waals surface area contributed by atoms with Gasteiger partial charge in [0.1, 0.15) is 5.75 Å². The first kappa shape index (κ1) is 14.7. The van der Waals surface area contributed by atoms with Crippen molar-refractivity contribution >= 4 is 21.7 Å². The van der Waals surface area contributed by atoms with E-state index in [1.54, 1.807) is 25.4 Å². The zero-order valence-corrected chi connectivity index (χ0v) is 12.9. The van der Waals surface area contributed by atoms with Gasteiger partial charge in [-0.1, -0.05) is 0 Å². The Hall–Kier alpha value is -1.68. The molecule has 0 N–H and O–H groups in total. The predicted octanol–water partition coefficient (Wildman–Crippen LogP) is 4.06. The molecular weight excluding hydrogens is 318 g/mol. The Morgan fingerprint density at radius 1 is 1.25 bits per heavy atom. The molecule has 0 spiro atoms. The van der Waals surface area contributed by atoms with Crippen LogP contribution in [0.15, 0.2) is 47.2 Å². The molecule has 3 nitrogen and oxygen atoms in total. The highest BCUT2D eigenvalue weighted by molar-refractivity contribution is 9.10. The van der Waals surface area contributed by atoms with Crippen LogP contribution in [0.4, 0.5) is 0 Å². The number of ketones is 1. The number of ether oxygens (including phenoxy) is 1.